The normalized spacial score (nSPS) is 13.7. The lowest BCUT2D eigenvalue weighted by Crippen LogP contribution is -2.36. The number of hydrogen-bond donors (Lipinski definition) is 1. The molecule has 3 aromatic carbocycles. The van der Waals surface area contributed by atoms with Crippen LogP contribution in [-0.2, 0) is 17.8 Å². The van der Waals surface area contributed by atoms with Crippen molar-refractivity contribution in [1.82, 2.24) is 4.90 Å². The van der Waals surface area contributed by atoms with Crippen LogP contribution in [0.5, 0.6) is 0 Å². The third-order valence-corrected chi connectivity index (χ3v) is 5.18. The van der Waals surface area contributed by atoms with Crippen molar-refractivity contribution in [3.05, 3.63) is 107 Å². The second kappa shape index (κ2) is 8.15. The van der Waals surface area contributed by atoms with Crippen molar-refractivity contribution in [2.45, 2.75) is 13.0 Å². The summed E-state index contributed by atoms with van der Waals surface area (Å²) in [6.45, 7) is 1.02. The molecule has 0 atom stereocenters. The third kappa shape index (κ3) is 4.11. The standard InChI is InChI=1S/C25H21NO3/c27-24(26-14-13-19-11-12-21(25(28)29)16-22(19)17-26)23(20-9-5-2-6-10-20)15-18-7-3-1-4-8-18/h1-12,15-16H,13-14,17H2,(H,28,29)/b23-15-. The average molecular weight is 383 g/mol. The molecule has 1 amide bonds. The Kier molecular flexibility index (Phi) is 5.25. The highest BCUT2D eigenvalue weighted by Crippen LogP contribution is 2.26. The fraction of sp³-hybridized carbons (Fsp3) is 0.120. The number of rotatable bonds is 4. The number of aromatic carboxylic acids is 1. The van der Waals surface area contributed by atoms with Gasteiger partial charge < -0.3 is 10.0 Å². The number of carboxylic acids is 1. The topological polar surface area (TPSA) is 57.6 Å². The van der Waals surface area contributed by atoms with E-state index in [9.17, 15) is 14.7 Å². The van der Waals surface area contributed by atoms with Crippen molar-refractivity contribution in [2.24, 2.45) is 0 Å². The van der Waals surface area contributed by atoms with E-state index < -0.39 is 5.97 Å². The largest absolute Gasteiger partial charge is 0.478 e. The van der Waals surface area contributed by atoms with Crippen LogP contribution in [0.2, 0.25) is 0 Å². The molecule has 4 nitrogen and oxygen atoms in total. The number of carbonyl (C=O) groups excluding carboxylic acids is 1. The molecule has 1 N–H and O–H groups in total. The van der Waals surface area contributed by atoms with E-state index in [1.807, 2.05) is 72.8 Å². The molecular formula is C25H21NO3. The molecule has 0 aliphatic carbocycles. The van der Waals surface area contributed by atoms with Crippen LogP contribution in [0.4, 0.5) is 0 Å². The first-order valence-corrected chi connectivity index (χ1v) is 9.58. The molecule has 0 saturated carbocycles. The molecule has 0 radical (unpaired) electrons. The number of amides is 1. The molecule has 0 aromatic heterocycles. The van der Waals surface area contributed by atoms with Gasteiger partial charge in [0.25, 0.3) is 5.91 Å². The van der Waals surface area contributed by atoms with Crippen LogP contribution in [-0.4, -0.2) is 28.4 Å². The molecule has 29 heavy (non-hydrogen) atoms. The molecular weight excluding hydrogens is 362 g/mol. The van der Waals surface area contributed by atoms with Crippen molar-refractivity contribution in [3.8, 4) is 0 Å². The first kappa shape index (κ1) is 18.7. The van der Waals surface area contributed by atoms with E-state index in [-0.39, 0.29) is 11.5 Å². The highest BCUT2D eigenvalue weighted by molar-refractivity contribution is 6.24. The Morgan fingerprint density at radius 3 is 2.21 bits per heavy atom. The number of benzene rings is 3. The van der Waals surface area contributed by atoms with E-state index in [1.165, 1.54) is 0 Å². The van der Waals surface area contributed by atoms with Crippen LogP contribution < -0.4 is 0 Å². The van der Waals surface area contributed by atoms with Crippen molar-refractivity contribution in [3.63, 3.8) is 0 Å². The van der Waals surface area contributed by atoms with Gasteiger partial charge in [0.2, 0.25) is 0 Å². The van der Waals surface area contributed by atoms with Crippen LogP contribution >= 0.6 is 0 Å². The van der Waals surface area contributed by atoms with Gasteiger partial charge in [0, 0.05) is 18.7 Å². The number of carbonyl (C=O) groups is 2. The van der Waals surface area contributed by atoms with Crippen LogP contribution in [0.1, 0.15) is 32.6 Å². The Morgan fingerprint density at radius 2 is 1.52 bits per heavy atom. The Bertz CT molecular complexity index is 1070. The first-order valence-electron chi connectivity index (χ1n) is 9.58. The fourth-order valence-corrected chi connectivity index (χ4v) is 3.64. The Balaban J connectivity index is 1.68. The molecule has 144 valence electrons. The number of nitrogens with zero attached hydrogens (tertiary/aromatic N) is 1. The second-order valence-electron chi connectivity index (χ2n) is 7.10. The second-order valence-corrected chi connectivity index (χ2v) is 7.10. The summed E-state index contributed by atoms with van der Waals surface area (Å²) in [6.07, 6.45) is 2.63. The molecule has 3 aromatic rings. The third-order valence-electron chi connectivity index (χ3n) is 5.18. The monoisotopic (exact) mass is 383 g/mol. The molecule has 0 bridgehead atoms. The average Bonchev–Trinajstić information content (AvgIpc) is 2.77. The molecule has 0 fully saturated rings. The zero-order valence-electron chi connectivity index (χ0n) is 15.9. The minimum atomic E-state index is -0.954. The van der Waals surface area contributed by atoms with E-state index in [2.05, 4.69) is 0 Å². The van der Waals surface area contributed by atoms with Gasteiger partial charge in [-0.05, 0) is 46.9 Å². The van der Waals surface area contributed by atoms with Gasteiger partial charge in [-0.2, -0.15) is 0 Å². The molecule has 1 heterocycles. The maximum atomic E-state index is 13.5. The highest BCUT2D eigenvalue weighted by Gasteiger charge is 2.25. The van der Waals surface area contributed by atoms with E-state index in [4.69, 9.17) is 0 Å². The predicted octanol–water partition coefficient (Wildman–Crippen LogP) is 4.51. The van der Waals surface area contributed by atoms with E-state index in [0.29, 0.717) is 25.1 Å². The molecule has 4 heteroatoms. The molecule has 1 aliphatic heterocycles. The Morgan fingerprint density at radius 1 is 0.828 bits per heavy atom. The highest BCUT2D eigenvalue weighted by atomic mass is 16.4. The summed E-state index contributed by atoms with van der Waals surface area (Å²) in [6, 6.07) is 24.6. The lowest BCUT2D eigenvalue weighted by atomic mass is 9.95. The van der Waals surface area contributed by atoms with E-state index >= 15 is 0 Å². The van der Waals surface area contributed by atoms with Crippen molar-refractivity contribution in [2.75, 3.05) is 6.54 Å². The molecule has 4 rings (SSSR count). The molecule has 0 spiro atoms. The smallest absolute Gasteiger partial charge is 0.335 e. The zero-order valence-corrected chi connectivity index (χ0v) is 15.9. The quantitative estimate of drug-likeness (QED) is 0.533. The van der Waals surface area contributed by atoms with Gasteiger partial charge >= 0.3 is 5.97 Å². The van der Waals surface area contributed by atoms with Gasteiger partial charge in [-0.1, -0.05) is 66.7 Å². The Hall–Kier alpha value is -3.66. The van der Waals surface area contributed by atoms with Gasteiger partial charge in [-0.15, -0.1) is 0 Å². The maximum absolute atomic E-state index is 13.5. The van der Waals surface area contributed by atoms with Gasteiger partial charge in [0.15, 0.2) is 0 Å². The summed E-state index contributed by atoms with van der Waals surface area (Å²) in [4.78, 5) is 26.6. The summed E-state index contributed by atoms with van der Waals surface area (Å²) in [5.74, 6) is -1.00. The number of fused-ring (bicyclic) bond motifs is 1. The zero-order chi connectivity index (χ0) is 20.2. The summed E-state index contributed by atoms with van der Waals surface area (Å²) >= 11 is 0. The maximum Gasteiger partial charge on any atom is 0.335 e. The van der Waals surface area contributed by atoms with Crippen LogP contribution in [0.3, 0.4) is 0 Å². The van der Waals surface area contributed by atoms with Gasteiger partial charge in [0.05, 0.1) is 5.56 Å². The van der Waals surface area contributed by atoms with Crippen molar-refractivity contribution in [1.29, 1.82) is 0 Å². The van der Waals surface area contributed by atoms with Gasteiger partial charge in [0.1, 0.15) is 0 Å². The van der Waals surface area contributed by atoms with E-state index in [1.54, 1.807) is 17.0 Å². The number of carboxylic acid groups (broad SMARTS) is 1. The van der Waals surface area contributed by atoms with Gasteiger partial charge in [-0.25, -0.2) is 4.79 Å². The van der Waals surface area contributed by atoms with Crippen molar-refractivity contribution >= 4 is 23.5 Å². The van der Waals surface area contributed by atoms with E-state index in [0.717, 1.165) is 22.3 Å². The SMILES string of the molecule is O=C(O)c1ccc2c(c1)CN(C(=O)/C(=C\c1ccccc1)c1ccccc1)CC2. The van der Waals surface area contributed by atoms with Crippen LogP contribution in [0.25, 0.3) is 11.6 Å². The summed E-state index contributed by atoms with van der Waals surface area (Å²) in [5, 5.41) is 9.27. The minimum Gasteiger partial charge on any atom is -0.478 e. The minimum absolute atomic E-state index is 0.0496. The first-order chi connectivity index (χ1) is 14.1. The molecule has 0 saturated heterocycles. The Labute approximate surface area is 169 Å². The lowest BCUT2D eigenvalue weighted by Gasteiger charge is -2.30. The predicted molar refractivity (Wildman–Crippen MR) is 113 cm³/mol. The molecule has 1 aliphatic rings. The van der Waals surface area contributed by atoms with Crippen LogP contribution in [0, 0.1) is 0 Å². The summed E-state index contributed by atoms with van der Waals surface area (Å²) < 4.78 is 0. The van der Waals surface area contributed by atoms with Gasteiger partial charge in [-0.3, -0.25) is 4.79 Å². The van der Waals surface area contributed by atoms with Crippen LogP contribution in [0.15, 0.2) is 78.9 Å². The lowest BCUT2D eigenvalue weighted by molar-refractivity contribution is -0.125. The fourth-order valence-electron chi connectivity index (χ4n) is 3.64. The van der Waals surface area contributed by atoms with Crippen molar-refractivity contribution < 1.29 is 14.7 Å². The summed E-state index contributed by atoms with van der Waals surface area (Å²) in [7, 11) is 0. The number of hydrogen-bond acceptors (Lipinski definition) is 2. The summed E-state index contributed by atoms with van der Waals surface area (Å²) in [5.41, 5.74) is 4.72. The molecule has 0 unspecified atom stereocenters.